The Morgan fingerprint density at radius 2 is 0.811 bits per heavy atom. The predicted octanol–water partition coefficient (Wildman–Crippen LogP) is 14.9. The van der Waals surface area contributed by atoms with Gasteiger partial charge in [-0.3, -0.25) is 29.3 Å². The summed E-state index contributed by atoms with van der Waals surface area (Å²) in [6, 6.07) is 34.4. The molecule has 5 spiro atoms. The van der Waals surface area contributed by atoms with Gasteiger partial charge < -0.3 is 59.1 Å². The number of nitrogens with one attached hydrogen (secondary N) is 1. The predicted molar refractivity (Wildman–Crippen MR) is 406 cm³/mol. The summed E-state index contributed by atoms with van der Waals surface area (Å²) in [5.74, 6) is 1.65. The van der Waals surface area contributed by atoms with E-state index < -0.39 is 0 Å². The number of rotatable bonds is 18. The number of hydrogen-bond donors (Lipinski definition) is 2. The van der Waals surface area contributed by atoms with E-state index in [0.29, 0.717) is 125 Å². The Morgan fingerprint density at radius 1 is 0.462 bits per heavy atom. The van der Waals surface area contributed by atoms with Crippen molar-refractivity contribution in [3.05, 3.63) is 142 Å². The zero-order chi connectivity index (χ0) is 75.2. The highest BCUT2D eigenvalue weighted by Crippen LogP contribution is 2.57. The minimum atomic E-state index is -0.368. The zero-order valence-corrected chi connectivity index (χ0v) is 63.2. The first-order valence-electron chi connectivity index (χ1n) is 39.2. The molecular weight excluding hydrogens is 1350 g/mol. The number of nitro benzene ring substituents is 1. The van der Waals surface area contributed by atoms with Crippen LogP contribution in [-0.2, 0) is 65.6 Å². The number of Topliss-reactive ketones (excluding diaryl/α,β-unsaturated/α-hetero) is 1. The summed E-state index contributed by atoms with van der Waals surface area (Å²) in [4.78, 5) is 99.8. The van der Waals surface area contributed by atoms with Crippen molar-refractivity contribution < 1.29 is 66.9 Å². The lowest BCUT2D eigenvalue weighted by Gasteiger charge is -2.52. The molecular formula is C84H115N7O15. The Balaban J connectivity index is 0.000000143. The number of anilines is 3. The molecule has 10 fully saturated rings. The van der Waals surface area contributed by atoms with Crippen LogP contribution in [0.3, 0.4) is 0 Å². The molecule has 4 aromatic rings. The summed E-state index contributed by atoms with van der Waals surface area (Å²) in [7, 11) is 0. The van der Waals surface area contributed by atoms with Gasteiger partial charge in [-0.2, -0.15) is 0 Å². The number of benzene rings is 4. The van der Waals surface area contributed by atoms with Gasteiger partial charge in [0.2, 0.25) is 0 Å². The number of ether oxygens (including phenoxy) is 6. The fourth-order valence-electron chi connectivity index (χ4n) is 18.2. The van der Waals surface area contributed by atoms with Crippen molar-refractivity contribution in [2.45, 2.75) is 189 Å². The Labute approximate surface area is 626 Å². The second-order valence-electron chi connectivity index (χ2n) is 31.8. The summed E-state index contributed by atoms with van der Waals surface area (Å²) in [5.41, 5.74) is 14.1. The van der Waals surface area contributed by atoms with E-state index in [1.807, 2.05) is 113 Å². The molecule has 2 amide bonds. The average Bonchev–Trinajstić information content (AvgIpc) is 0.813. The van der Waals surface area contributed by atoms with Crippen LogP contribution in [0.2, 0.25) is 0 Å². The molecule has 3 N–H and O–H groups in total. The summed E-state index contributed by atoms with van der Waals surface area (Å²) in [6.07, 6.45) is 24.5. The number of non-ortho nitro benzene ring substituents is 1. The van der Waals surface area contributed by atoms with Crippen LogP contribution in [0, 0.1) is 54.9 Å². The Bertz CT molecular complexity index is 3530. The maximum atomic E-state index is 12.2. The van der Waals surface area contributed by atoms with Crippen molar-refractivity contribution in [3.63, 3.8) is 0 Å². The average molecular weight is 1460 g/mol. The topological polar surface area (TPSA) is 269 Å². The maximum absolute atomic E-state index is 12.2. The largest absolute Gasteiger partial charge is 0.466 e. The van der Waals surface area contributed by atoms with Gasteiger partial charge in [-0.15, -0.1) is 0 Å². The number of hydrogen-bond acceptors (Lipinski definition) is 19. The number of nitrogen functional groups attached to an aromatic ring is 1. The summed E-state index contributed by atoms with van der Waals surface area (Å²) >= 11 is 0. The van der Waals surface area contributed by atoms with Crippen molar-refractivity contribution in [3.8, 4) is 0 Å². The van der Waals surface area contributed by atoms with E-state index in [2.05, 4.69) is 27.2 Å². The van der Waals surface area contributed by atoms with Crippen LogP contribution < -0.4 is 20.9 Å². The summed E-state index contributed by atoms with van der Waals surface area (Å²) in [5, 5.41) is 14.1. The molecule has 10 aliphatic rings. The van der Waals surface area contributed by atoms with Gasteiger partial charge in [0.25, 0.3) is 5.69 Å². The Kier molecular flexibility index (Phi) is 28.6. The number of esters is 4. The van der Waals surface area contributed by atoms with Crippen molar-refractivity contribution >= 4 is 64.6 Å². The molecule has 5 saturated heterocycles. The molecule has 22 nitrogen and oxygen atoms in total. The SMILES string of the molecule is CCOC(=O)C=C1CC2(CCN(C(=O)OCc3ccccc3)CC2)C1.CCOC(=O)CC1CC2(CCN(c3ccc(N)cc3)CC2)C1.CCOC(=O)CC1CC2(CCN(c3ccc([N+](=O)[O-])cc3)CC2)C1.CCOC(=O)CC1CC2(CCNCC2)C1.O=C1CC2(CCN(C(=O)OCc3ccccc3)CC2)C1. The Hall–Kier alpha value is -8.53. The second-order valence-corrected chi connectivity index (χ2v) is 31.8. The zero-order valence-electron chi connectivity index (χ0n) is 63.2. The molecule has 106 heavy (non-hydrogen) atoms. The molecule has 14 rings (SSSR count). The third kappa shape index (κ3) is 22.8. The number of nitro groups is 1. The number of carbonyl (C=O) groups is 7. The van der Waals surface area contributed by atoms with Crippen molar-refractivity contribution in [2.75, 3.05) is 107 Å². The highest BCUT2D eigenvalue weighted by molar-refractivity contribution is 5.86. The van der Waals surface area contributed by atoms with E-state index >= 15 is 0 Å². The number of ketones is 1. The third-order valence-electron chi connectivity index (χ3n) is 24.1. The fraction of sp³-hybridized carbons (Fsp3) is 0.607. The smallest absolute Gasteiger partial charge is 0.410 e. The quantitative estimate of drug-likeness (QED) is 0.0234. The lowest BCUT2D eigenvalue weighted by Crippen LogP contribution is -2.49. The van der Waals surface area contributed by atoms with Crippen LogP contribution in [0.15, 0.2) is 121 Å². The summed E-state index contributed by atoms with van der Waals surface area (Å²) in [6.45, 7) is 19.2. The van der Waals surface area contributed by atoms with Gasteiger partial charge in [0.1, 0.15) is 19.0 Å². The van der Waals surface area contributed by atoms with Gasteiger partial charge in [0.15, 0.2) is 0 Å². The monoisotopic (exact) mass is 1460 g/mol. The van der Waals surface area contributed by atoms with E-state index in [9.17, 15) is 43.7 Å². The van der Waals surface area contributed by atoms with Crippen LogP contribution >= 0.6 is 0 Å². The maximum Gasteiger partial charge on any atom is 0.410 e. The molecule has 0 unspecified atom stereocenters. The summed E-state index contributed by atoms with van der Waals surface area (Å²) < 4.78 is 30.7. The van der Waals surface area contributed by atoms with Crippen molar-refractivity contribution in [1.29, 1.82) is 0 Å². The molecule has 0 atom stereocenters. The van der Waals surface area contributed by atoms with E-state index in [-0.39, 0.29) is 57.5 Å². The lowest BCUT2D eigenvalue weighted by atomic mass is 9.57. The van der Waals surface area contributed by atoms with Crippen LogP contribution in [0.25, 0.3) is 0 Å². The van der Waals surface area contributed by atoms with E-state index in [1.54, 1.807) is 28.0 Å². The molecule has 4 aromatic carbocycles. The molecule has 5 aliphatic carbocycles. The van der Waals surface area contributed by atoms with Gasteiger partial charge >= 0.3 is 36.1 Å². The molecule has 5 aliphatic heterocycles. The van der Waals surface area contributed by atoms with Crippen LogP contribution in [0.5, 0.6) is 0 Å². The third-order valence-corrected chi connectivity index (χ3v) is 24.1. The fourth-order valence-corrected chi connectivity index (χ4v) is 18.2. The highest BCUT2D eigenvalue weighted by Gasteiger charge is 2.50. The lowest BCUT2D eigenvalue weighted by molar-refractivity contribution is -0.384. The molecule has 576 valence electrons. The van der Waals surface area contributed by atoms with Gasteiger partial charge in [0, 0.05) is 120 Å². The molecule has 0 radical (unpaired) electrons. The first-order valence-corrected chi connectivity index (χ1v) is 39.2. The van der Waals surface area contributed by atoms with E-state index in [1.165, 1.54) is 62.6 Å². The van der Waals surface area contributed by atoms with Crippen LogP contribution in [0.1, 0.15) is 187 Å². The van der Waals surface area contributed by atoms with Gasteiger partial charge in [-0.1, -0.05) is 66.2 Å². The molecule has 5 saturated carbocycles. The van der Waals surface area contributed by atoms with Crippen molar-refractivity contribution in [1.82, 2.24) is 15.1 Å². The number of piperidine rings is 5. The molecule has 0 aromatic heterocycles. The number of carbonyl (C=O) groups excluding carboxylic acids is 7. The van der Waals surface area contributed by atoms with Gasteiger partial charge in [-0.25, -0.2) is 14.4 Å². The molecule has 0 bridgehead atoms. The molecule has 5 heterocycles. The van der Waals surface area contributed by atoms with Crippen LogP contribution in [0.4, 0.5) is 32.3 Å². The van der Waals surface area contributed by atoms with E-state index in [0.717, 1.165) is 139 Å². The minimum Gasteiger partial charge on any atom is -0.466 e. The first kappa shape index (κ1) is 80.0. The Morgan fingerprint density at radius 3 is 1.17 bits per heavy atom. The standard InChI is InChI=1S/C20H25NO4.C18H24N2O4.C18H26N2O2.C16H19NO3.C12H21NO2/c1-2-24-18(22)12-17-13-20(14-17)8-10-21(11-9-20)19(23)25-15-16-6-4-3-5-7-16;1-2-24-17(21)11-14-12-18(13-14)7-9-19(10-8-18)15-3-5-16(6-4-15)20(22)23;1-2-22-17(21)11-14-12-18(13-14)7-9-20(10-8-18)16-5-3-15(19)4-6-16;18-14-10-16(11-14)6-8-17(9-7-16)15(19)20-12-13-4-2-1-3-5-13;1-2-15-11(14)7-10-8-12(9-10)3-5-13-6-4-12/h3-7,12H,2,8-11,13-15H2,1H3;3-6,14H,2,7-13H2,1H3;3-6,14H,2,7-13,19H2,1H3;1-5H,6-12H2;10,13H,2-9H2,1H3. The van der Waals surface area contributed by atoms with Crippen molar-refractivity contribution in [2.24, 2.45) is 44.8 Å². The van der Waals surface area contributed by atoms with E-state index in [4.69, 9.17) is 34.2 Å². The molecule has 22 heteroatoms. The first-order chi connectivity index (χ1) is 51.1. The van der Waals surface area contributed by atoms with Gasteiger partial charge in [0.05, 0.1) is 31.4 Å². The number of nitrogens with two attached hydrogens (primary N) is 1. The highest BCUT2D eigenvalue weighted by atomic mass is 16.6. The number of allylic oxidation sites excluding steroid dienone is 1. The number of nitrogens with zero attached hydrogens (tertiary/aromatic N) is 5. The normalized spacial score (nSPS) is 22.1. The van der Waals surface area contributed by atoms with Gasteiger partial charge in [-0.05, 0) is 249 Å². The van der Waals surface area contributed by atoms with Crippen LogP contribution in [-0.4, -0.2) is 148 Å². The second kappa shape index (κ2) is 37.8. The minimum absolute atomic E-state index is 0.00807. The number of likely N-dealkylation sites (tertiary alicyclic amines) is 2. The number of amides is 2.